The van der Waals surface area contributed by atoms with Crippen LogP contribution in [0.1, 0.15) is 50.7 Å². The summed E-state index contributed by atoms with van der Waals surface area (Å²) in [6.45, 7) is 14.3. The summed E-state index contributed by atoms with van der Waals surface area (Å²) < 4.78 is 5.87. The second-order valence-electron chi connectivity index (χ2n) is 6.62. The van der Waals surface area contributed by atoms with E-state index in [0.717, 1.165) is 37.1 Å². The molecule has 0 radical (unpaired) electrons. The lowest BCUT2D eigenvalue weighted by atomic mass is 10.1. The van der Waals surface area contributed by atoms with E-state index in [-0.39, 0.29) is 0 Å². The van der Waals surface area contributed by atoms with Gasteiger partial charge in [-0.15, -0.1) is 0 Å². The van der Waals surface area contributed by atoms with Gasteiger partial charge in [0, 0.05) is 18.7 Å². The summed E-state index contributed by atoms with van der Waals surface area (Å²) in [6.07, 6.45) is 2.67. The number of hydrogen-bond acceptors (Lipinski definition) is 3. The van der Waals surface area contributed by atoms with Crippen molar-refractivity contribution < 1.29 is 4.42 Å². The van der Waals surface area contributed by atoms with Crippen molar-refractivity contribution in [3.05, 3.63) is 23.2 Å². The van der Waals surface area contributed by atoms with Gasteiger partial charge in [-0.1, -0.05) is 27.2 Å². The van der Waals surface area contributed by atoms with Crippen LogP contribution in [0.2, 0.25) is 0 Å². The first-order valence-corrected chi connectivity index (χ1v) is 8.09. The number of furan rings is 1. The molecule has 1 aliphatic heterocycles. The van der Waals surface area contributed by atoms with Crippen LogP contribution in [0.4, 0.5) is 0 Å². The molecule has 20 heavy (non-hydrogen) atoms. The molecule has 1 fully saturated rings. The molecular formula is C17H30N2O. The molecule has 1 atom stereocenters. The van der Waals surface area contributed by atoms with Crippen LogP contribution in [0.3, 0.4) is 0 Å². The molecule has 0 bridgehead atoms. The molecule has 1 aromatic rings. The maximum atomic E-state index is 5.87. The van der Waals surface area contributed by atoms with E-state index in [1.54, 1.807) is 0 Å². The van der Waals surface area contributed by atoms with Gasteiger partial charge >= 0.3 is 0 Å². The minimum atomic E-state index is 0.682. The third kappa shape index (κ3) is 4.35. The highest BCUT2D eigenvalue weighted by Gasteiger charge is 2.22. The fourth-order valence-corrected chi connectivity index (χ4v) is 2.95. The van der Waals surface area contributed by atoms with Crippen molar-refractivity contribution in [2.75, 3.05) is 19.6 Å². The third-order valence-electron chi connectivity index (χ3n) is 4.26. The Hall–Kier alpha value is -0.800. The summed E-state index contributed by atoms with van der Waals surface area (Å²) in [4.78, 5) is 2.57. The minimum Gasteiger partial charge on any atom is -0.465 e. The van der Waals surface area contributed by atoms with Crippen LogP contribution in [0.25, 0.3) is 0 Å². The molecule has 0 spiro atoms. The zero-order valence-electron chi connectivity index (χ0n) is 13.5. The van der Waals surface area contributed by atoms with Crippen LogP contribution in [0, 0.1) is 18.8 Å². The van der Waals surface area contributed by atoms with Gasteiger partial charge in [0.2, 0.25) is 0 Å². The average molecular weight is 278 g/mol. The lowest BCUT2D eigenvalue weighted by Crippen LogP contribution is -2.20. The Bertz CT molecular complexity index is 411. The molecule has 2 heterocycles. The van der Waals surface area contributed by atoms with Crippen molar-refractivity contribution in [1.29, 1.82) is 0 Å². The van der Waals surface area contributed by atoms with E-state index < -0.39 is 0 Å². The van der Waals surface area contributed by atoms with Crippen molar-refractivity contribution >= 4 is 0 Å². The second kappa shape index (κ2) is 7.28. The molecule has 1 aliphatic rings. The Morgan fingerprint density at radius 2 is 2.25 bits per heavy atom. The zero-order chi connectivity index (χ0) is 14.5. The van der Waals surface area contributed by atoms with Gasteiger partial charge in [0.25, 0.3) is 0 Å². The Balaban J connectivity index is 1.84. The van der Waals surface area contributed by atoms with Gasteiger partial charge < -0.3 is 9.73 Å². The predicted octanol–water partition coefficient (Wildman–Crippen LogP) is 3.57. The normalized spacial score (nSPS) is 20.1. The lowest BCUT2D eigenvalue weighted by Gasteiger charge is -2.14. The molecule has 3 nitrogen and oxygen atoms in total. The van der Waals surface area contributed by atoms with Gasteiger partial charge in [-0.05, 0) is 44.3 Å². The Morgan fingerprint density at radius 1 is 1.45 bits per heavy atom. The number of nitrogens with zero attached hydrogens (tertiary/aromatic N) is 1. The summed E-state index contributed by atoms with van der Waals surface area (Å²) in [5, 5.41) is 3.44. The van der Waals surface area contributed by atoms with Gasteiger partial charge in [0.1, 0.15) is 11.5 Å². The quantitative estimate of drug-likeness (QED) is 0.826. The Kier molecular flexibility index (Phi) is 5.67. The van der Waals surface area contributed by atoms with Gasteiger partial charge in [-0.2, -0.15) is 0 Å². The van der Waals surface area contributed by atoms with Gasteiger partial charge in [0.15, 0.2) is 0 Å². The van der Waals surface area contributed by atoms with Crippen LogP contribution in [0.15, 0.2) is 10.5 Å². The smallest absolute Gasteiger partial charge is 0.118 e. The topological polar surface area (TPSA) is 28.4 Å². The molecule has 0 saturated carbocycles. The summed E-state index contributed by atoms with van der Waals surface area (Å²) in [7, 11) is 0. The van der Waals surface area contributed by atoms with E-state index in [4.69, 9.17) is 4.42 Å². The largest absolute Gasteiger partial charge is 0.465 e. The second-order valence-corrected chi connectivity index (χ2v) is 6.62. The first-order valence-electron chi connectivity index (χ1n) is 8.09. The highest BCUT2D eigenvalue weighted by molar-refractivity contribution is 5.21. The molecule has 2 rings (SSSR count). The van der Waals surface area contributed by atoms with E-state index in [1.807, 2.05) is 0 Å². The van der Waals surface area contributed by atoms with E-state index in [0.29, 0.717) is 5.92 Å². The first-order chi connectivity index (χ1) is 9.58. The third-order valence-corrected chi connectivity index (χ3v) is 4.26. The number of nitrogens with one attached hydrogen (secondary N) is 1. The summed E-state index contributed by atoms with van der Waals surface area (Å²) >= 11 is 0. The van der Waals surface area contributed by atoms with Crippen LogP contribution >= 0.6 is 0 Å². The summed E-state index contributed by atoms with van der Waals surface area (Å²) in [5.41, 5.74) is 1.36. The molecule has 1 unspecified atom stereocenters. The highest BCUT2D eigenvalue weighted by Crippen LogP contribution is 2.23. The maximum absolute atomic E-state index is 5.87. The molecule has 3 heteroatoms. The Labute approximate surface area is 123 Å². The van der Waals surface area contributed by atoms with Gasteiger partial charge in [0.05, 0.1) is 6.54 Å². The highest BCUT2D eigenvalue weighted by atomic mass is 16.3. The van der Waals surface area contributed by atoms with Crippen molar-refractivity contribution in [3.63, 3.8) is 0 Å². The van der Waals surface area contributed by atoms with Crippen molar-refractivity contribution in [3.8, 4) is 0 Å². The number of aryl methyl sites for hydroxylation is 1. The summed E-state index contributed by atoms with van der Waals surface area (Å²) in [6, 6.07) is 2.24. The van der Waals surface area contributed by atoms with Crippen LogP contribution < -0.4 is 5.32 Å². The minimum absolute atomic E-state index is 0.682. The van der Waals surface area contributed by atoms with E-state index in [1.165, 1.54) is 31.5 Å². The molecule has 1 N–H and O–H groups in total. The Morgan fingerprint density at radius 3 is 2.90 bits per heavy atom. The molecule has 0 aliphatic carbocycles. The molecule has 1 saturated heterocycles. The van der Waals surface area contributed by atoms with Crippen molar-refractivity contribution in [1.82, 2.24) is 10.2 Å². The number of likely N-dealkylation sites (tertiary alicyclic amines) is 1. The monoisotopic (exact) mass is 278 g/mol. The van der Waals surface area contributed by atoms with E-state index >= 15 is 0 Å². The van der Waals surface area contributed by atoms with Crippen molar-refractivity contribution in [2.45, 2.75) is 53.6 Å². The van der Waals surface area contributed by atoms with Gasteiger partial charge in [-0.3, -0.25) is 4.90 Å². The van der Waals surface area contributed by atoms with Crippen LogP contribution in [-0.2, 0) is 13.1 Å². The number of rotatable bonds is 7. The van der Waals surface area contributed by atoms with E-state index in [2.05, 4.69) is 44.0 Å². The molecular weight excluding hydrogens is 248 g/mol. The molecule has 114 valence electrons. The van der Waals surface area contributed by atoms with Crippen LogP contribution in [-0.4, -0.2) is 24.5 Å². The lowest BCUT2D eigenvalue weighted by molar-refractivity contribution is 0.312. The standard InChI is InChI=1S/C17H30N2O/c1-5-15-6-7-19(11-15)12-16-8-17(20-14(16)4)10-18-9-13(2)3/h8,13,15,18H,5-7,9-12H2,1-4H3. The molecule has 0 aromatic carbocycles. The van der Waals surface area contributed by atoms with Gasteiger partial charge in [-0.25, -0.2) is 0 Å². The summed E-state index contributed by atoms with van der Waals surface area (Å²) in [5.74, 6) is 3.74. The maximum Gasteiger partial charge on any atom is 0.118 e. The average Bonchev–Trinajstić information content (AvgIpc) is 2.97. The predicted molar refractivity (Wildman–Crippen MR) is 83.7 cm³/mol. The number of hydrogen-bond donors (Lipinski definition) is 1. The van der Waals surface area contributed by atoms with E-state index in [9.17, 15) is 0 Å². The first kappa shape index (κ1) is 15.6. The van der Waals surface area contributed by atoms with Crippen molar-refractivity contribution in [2.24, 2.45) is 11.8 Å². The van der Waals surface area contributed by atoms with Crippen LogP contribution in [0.5, 0.6) is 0 Å². The SMILES string of the molecule is CCC1CCN(Cc2cc(CNCC(C)C)oc2C)C1. The molecule has 1 aromatic heterocycles. The molecule has 0 amide bonds. The fraction of sp³-hybridized carbons (Fsp3) is 0.765. The zero-order valence-corrected chi connectivity index (χ0v) is 13.5. The fourth-order valence-electron chi connectivity index (χ4n) is 2.95.